The average molecular weight is 460 g/mol. The fourth-order valence-corrected chi connectivity index (χ4v) is 5.58. The van der Waals surface area contributed by atoms with Crippen molar-refractivity contribution in [3.63, 3.8) is 0 Å². The fourth-order valence-electron chi connectivity index (χ4n) is 5.58. The number of aromatic nitrogens is 4. The molecule has 1 aromatic carbocycles. The van der Waals surface area contributed by atoms with Crippen LogP contribution in [0.5, 0.6) is 0 Å². The monoisotopic (exact) mass is 459 g/mol. The molecule has 2 fully saturated rings. The number of fused-ring (bicyclic) bond motifs is 2. The number of aryl methyl sites for hydroxylation is 1. The highest BCUT2D eigenvalue weighted by Crippen LogP contribution is 2.40. The number of amides is 1. The number of primary amides is 1. The number of carbonyl (C=O) groups is 1. The van der Waals surface area contributed by atoms with Gasteiger partial charge in [0.25, 0.3) is 5.91 Å². The number of nitrogens with two attached hydrogens (primary N) is 1. The highest BCUT2D eigenvalue weighted by molar-refractivity contribution is 5.90. The Morgan fingerprint density at radius 2 is 2.06 bits per heavy atom. The number of hydrogen-bond donors (Lipinski definition) is 2. The van der Waals surface area contributed by atoms with Crippen LogP contribution < -0.4 is 16.0 Å². The van der Waals surface area contributed by atoms with Gasteiger partial charge in [0.1, 0.15) is 0 Å². The Bertz CT molecular complexity index is 1200. The number of pyridine rings is 1. The first-order chi connectivity index (χ1) is 16.2. The van der Waals surface area contributed by atoms with Crippen LogP contribution >= 0.6 is 0 Å². The van der Waals surface area contributed by atoms with Crippen LogP contribution in [0.4, 0.5) is 5.69 Å². The predicted octanol–water partition coefficient (Wildman–Crippen LogP) is 3.18. The molecule has 0 spiro atoms. The van der Waals surface area contributed by atoms with E-state index in [2.05, 4.69) is 77.5 Å². The Kier molecular flexibility index (Phi) is 5.64. The van der Waals surface area contributed by atoms with Crippen LogP contribution in [0.25, 0.3) is 11.1 Å². The van der Waals surface area contributed by atoms with Crippen molar-refractivity contribution in [2.24, 2.45) is 17.1 Å². The summed E-state index contributed by atoms with van der Waals surface area (Å²) in [5, 5.41) is 11.9. The van der Waals surface area contributed by atoms with Crippen LogP contribution in [0, 0.1) is 18.3 Å². The molecule has 0 radical (unpaired) electrons. The van der Waals surface area contributed by atoms with Crippen molar-refractivity contribution in [2.45, 2.75) is 46.2 Å². The molecular formula is C26H33N7O. The van der Waals surface area contributed by atoms with Crippen LogP contribution in [-0.2, 0) is 0 Å². The highest BCUT2D eigenvalue weighted by atomic mass is 16.1. The van der Waals surface area contributed by atoms with Gasteiger partial charge in [-0.05, 0) is 47.4 Å². The second-order valence-electron chi connectivity index (χ2n) is 10.8. The number of piperidine rings is 1. The van der Waals surface area contributed by atoms with E-state index in [9.17, 15) is 4.79 Å². The number of nitrogens with zero attached hydrogens (tertiary/aromatic N) is 5. The van der Waals surface area contributed by atoms with Crippen LogP contribution in [0.15, 0.2) is 42.9 Å². The maximum absolute atomic E-state index is 11.6. The molecule has 2 aliphatic rings. The zero-order valence-corrected chi connectivity index (χ0v) is 20.3. The number of benzene rings is 1. The first kappa shape index (κ1) is 22.5. The smallest absolute Gasteiger partial charge is 0.270 e. The summed E-state index contributed by atoms with van der Waals surface area (Å²) in [6, 6.07) is 9.20. The average Bonchev–Trinajstić information content (AvgIpc) is 3.40. The molecule has 0 saturated carbocycles. The van der Waals surface area contributed by atoms with Crippen molar-refractivity contribution in [3.05, 3.63) is 59.7 Å². The Labute approximate surface area is 200 Å². The van der Waals surface area contributed by atoms with E-state index in [1.807, 2.05) is 12.4 Å². The summed E-state index contributed by atoms with van der Waals surface area (Å²) in [6.07, 6.45) is 6.79. The second-order valence-corrected chi connectivity index (χ2v) is 10.8. The molecule has 178 valence electrons. The van der Waals surface area contributed by atoms with Crippen LogP contribution in [0.1, 0.15) is 54.8 Å². The van der Waals surface area contributed by atoms with Gasteiger partial charge in [-0.15, -0.1) is 5.10 Å². The van der Waals surface area contributed by atoms with Gasteiger partial charge in [0.15, 0.2) is 5.69 Å². The second kappa shape index (κ2) is 8.51. The topological polar surface area (TPSA) is 102 Å². The number of carbonyl (C=O) groups excluding carboxylic acids is 1. The summed E-state index contributed by atoms with van der Waals surface area (Å²) in [6.45, 7) is 11.8. The Morgan fingerprint density at radius 1 is 1.24 bits per heavy atom. The molecule has 3 N–H and O–H groups in total. The van der Waals surface area contributed by atoms with E-state index in [4.69, 9.17) is 5.73 Å². The predicted molar refractivity (Wildman–Crippen MR) is 133 cm³/mol. The molecule has 0 aliphatic carbocycles. The Hall–Kier alpha value is -3.26. The normalized spacial score (nSPS) is 21.0. The van der Waals surface area contributed by atoms with Crippen molar-refractivity contribution in [2.75, 3.05) is 24.5 Å². The van der Waals surface area contributed by atoms with Gasteiger partial charge >= 0.3 is 0 Å². The zero-order valence-electron chi connectivity index (χ0n) is 20.3. The largest absolute Gasteiger partial charge is 0.368 e. The molecule has 2 bridgehead atoms. The third-order valence-corrected chi connectivity index (χ3v) is 7.10. The molecule has 5 rings (SSSR count). The summed E-state index contributed by atoms with van der Waals surface area (Å²) in [5.41, 5.74) is 11.3. The van der Waals surface area contributed by atoms with E-state index in [1.54, 1.807) is 10.9 Å². The lowest BCUT2D eigenvalue weighted by Crippen LogP contribution is -2.41. The molecule has 3 atom stereocenters. The summed E-state index contributed by atoms with van der Waals surface area (Å²) < 4.78 is 1.76. The van der Waals surface area contributed by atoms with Gasteiger partial charge in [0.2, 0.25) is 0 Å². The van der Waals surface area contributed by atoms with Gasteiger partial charge in [-0.1, -0.05) is 44.2 Å². The van der Waals surface area contributed by atoms with Gasteiger partial charge in [0.05, 0.1) is 24.1 Å². The molecule has 1 amide bonds. The van der Waals surface area contributed by atoms with E-state index in [0.717, 1.165) is 30.8 Å². The lowest BCUT2D eigenvalue weighted by Gasteiger charge is -2.34. The van der Waals surface area contributed by atoms with Gasteiger partial charge in [-0.3, -0.25) is 9.78 Å². The number of nitrogens with one attached hydrogen (secondary N) is 1. The minimum Gasteiger partial charge on any atom is -0.368 e. The molecule has 2 aromatic heterocycles. The fraction of sp³-hybridized carbons (Fsp3) is 0.462. The maximum Gasteiger partial charge on any atom is 0.270 e. The molecule has 8 nitrogen and oxygen atoms in total. The maximum atomic E-state index is 11.6. The molecule has 2 saturated heterocycles. The van der Waals surface area contributed by atoms with Crippen molar-refractivity contribution in [3.8, 4) is 11.1 Å². The van der Waals surface area contributed by atoms with Crippen LogP contribution in [0.2, 0.25) is 0 Å². The number of hydrogen-bond acceptors (Lipinski definition) is 6. The number of rotatable bonds is 5. The Balaban J connectivity index is 1.51. The lowest BCUT2D eigenvalue weighted by molar-refractivity contribution is 0.0995. The van der Waals surface area contributed by atoms with Crippen molar-refractivity contribution >= 4 is 11.6 Å². The van der Waals surface area contributed by atoms with Crippen molar-refractivity contribution in [1.29, 1.82) is 0 Å². The van der Waals surface area contributed by atoms with Gasteiger partial charge in [-0.25, -0.2) is 4.68 Å². The first-order valence-corrected chi connectivity index (χ1v) is 12.0. The summed E-state index contributed by atoms with van der Waals surface area (Å²) in [5.74, 6) is 0.133. The van der Waals surface area contributed by atoms with Gasteiger partial charge in [0, 0.05) is 37.4 Å². The quantitative estimate of drug-likeness (QED) is 0.608. The Morgan fingerprint density at radius 3 is 2.74 bits per heavy atom. The third kappa shape index (κ3) is 4.18. The molecule has 2 aliphatic heterocycles. The summed E-state index contributed by atoms with van der Waals surface area (Å²) in [4.78, 5) is 18.5. The summed E-state index contributed by atoms with van der Waals surface area (Å²) >= 11 is 0. The van der Waals surface area contributed by atoms with Crippen LogP contribution in [0.3, 0.4) is 0 Å². The first-order valence-electron chi connectivity index (χ1n) is 12.0. The molecule has 34 heavy (non-hydrogen) atoms. The lowest BCUT2D eigenvalue weighted by atomic mass is 9.80. The molecule has 3 aromatic rings. The van der Waals surface area contributed by atoms with E-state index < -0.39 is 5.91 Å². The molecule has 4 heterocycles. The third-order valence-electron chi connectivity index (χ3n) is 7.10. The van der Waals surface area contributed by atoms with Crippen molar-refractivity contribution < 1.29 is 4.79 Å². The number of anilines is 1. The van der Waals surface area contributed by atoms with E-state index in [0.29, 0.717) is 12.0 Å². The highest BCUT2D eigenvalue weighted by Gasteiger charge is 2.34. The van der Waals surface area contributed by atoms with Gasteiger partial charge < -0.3 is 16.0 Å². The van der Waals surface area contributed by atoms with Crippen molar-refractivity contribution in [1.82, 2.24) is 25.3 Å². The SMILES string of the molecule is Cc1cc(-c2ccncc2N2CC3CNC(C3)C2)ccc1C(n1cc(C(N)=O)nn1)C(C)(C)C. The van der Waals surface area contributed by atoms with E-state index in [-0.39, 0.29) is 17.2 Å². The zero-order chi connectivity index (χ0) is 24.0. The minimum atomic E-state index is -0.572. The molecule has 8 heteroatoms. The minimum absolute atomic E-state index is 0.0946. The summed E-state index contributed by atoms with van der Waals surface area (Å²) in [7, 11) is 0. The molecule has 3 unspecified atom stereocenters. The molecular weight excluding hydrogens is 426 g/mol. The van der Waals surface area contributed by atoms with Crippen LogP contribution in [-0.4, -0.2) is 51.6 Å². The standard InChI is InChI=1S/C26H33N7O/c1-16-9-18(21-7-8-28-12-23(21)32-13-17-10-19(14-32)29-11-17)5-6-20(16)24(26(2,3)4)33-15-22(25(27)34)30-31-33/h5-9,12,15,17,19,24,29H,10-11,13-14H2,1-4H3,(H2,27,34). The van der Waals surface area contributed by atoms with E-state index in [1.165, 1.54) is 23.2 Å². The van der Waals surface area contributed by atoms with Gasteiger partial charge in [-0.2, -0.15) is 0 Å². The van der Waals surface area contributed by atoms with E-state index >= 15 is 0 Å².